The zero-order chi connectivity index (χ0) is 10.6. The summed E-state index contributed by atoms with van der Waals surface area (Å²) in [6.07, 6.45) is 0. The van der Waals surface area contributed by atoms with E-state index in [1.807, 2.05) is 0 Å². The van der Waals surface area contributed by atoms with Gasteiger partial charge in [0.15, 0.2) is 0 Å². The van der Waals surface area contributed by atoms with Crippen molar-refractivity contribution in [3.8, 4) is 0 Å². The largest absolute Gasteiger partial charge is 0.395 e. The van der Waals surface area contributed by atoms with E-state index >= 15 is 0 Å². The Morgan fingerprint density at radius 1 is 1.57 bits per heavy atom. The van der Waals surface area contributed by atoms with Crippen LogP contribution in [0.15, 0.2) is 18.2 Å². The van der Waals surface area contributed by atoms with Crippen LogP contribution in [0, 0.1) is 5.82 Å². The number of amides is 1. The first-order valence-corrected chi connectivity index (χ1v) is 4.37. The molecule has 0 bridgehead atoms. The second-order valence-electron chi connectivity index (χ2n) is 2.61. The maximum atomic E-state index is 12.7. The molecule has 1 aromatic rings. The summed E-state index contributed by atoms with van der Waals surface area (Å²) >= 11 is 5.49. The van der Waals surface area contributed by atoms with Crippen LogP contribution in [0.3, 0.4) is 0 Å². The van der Waals surface area contributed by atoms with Gasteiger partial charge in [-0.1, -0.05) is 11.6 Å². The molecule has 0 spiro atoms. The fourth-order valence-electron chi connectivity index (χ4n) is 0.909. The van der Waals surface area contributed by atoms with Crippen molar-refractivity contribution in [1.29, 1.82) is 0 Å². The van der Waals surface area contributed by atoms with Crippen LogP contribution >= 0.6 is 11.6 Å². The molecule has 76 valence electrons. The highest BCUT2D eigenvalue weighted by molar-refractivity contribution is 6.31. The quantitative estimate of drug-likeness (QED) is 0.800. The third-order valence-electron chi connectivity index (χ3n) is 1.58. The Bertz CT molecular complexity index is 344. The molecule has 0 atom stereocenters. The average Bonchev–Trinajstić information content (AvgIpc) is 2.18. The Morgan fingerprint density at radius 3 is 2.86 bits per heavy atom. The van der Waals surface area contributed by atoms with E-state index in [9.17, 15) is 9.18 Å². The molecule has 0 aliphatic rings. The van der Waals surface area contributed by atoms with E-state index in [4.69, 9.17) is 16.7 Å². The van der Waals surface area contributed by atoms with Crippen LogP contribution in [-0.4, -0.2) is 24.2 Å². The van der Waals surface area contributed by atoms with Gasteiger partial charge in [-0.3, -0.25) is 4.79 Å². The monoisotopic (exact) mass is 217 g/mol. The molecule has 3 nitrogen and oxygen atoms in total. The molecule has 5 heteroatoms. The second-order valence-corrected chi connectivity index (χ2v) is 3.02. The van der Waals surface area contributed by atoms with Gasteiger partial charge in [0, 0.05) is 12.1 Å². The number of rotatable bonds is 3. The van der Waals surface area contributed by atoms with Gasteiger partial charge in [-0.15, -0.1) is 0 Å². The van der Waals surface area contributed by atoms with Gasteiger partial charge >= 0.3 is 0 Å². The van der Waals surface area contributed by atoms with Crippen LogP contribution in [0.25, 0.3) is 0 Å². The number of carbonyl (C=O) groups excluding carboxylic acids is 1. The van der Waals surface area contributed by atoms with Crippen LogP contribution in [-0.2, 0) is 0 Å². The minimum atomic E-state index is -0.564. The lowest BCUT2D eigenvalue weighted by molar-refractivity contribution is 0.0944. The molecule has 1 amide bonds. The third-order valence-corrected chi connectivity index (χ3v) is 1.87. The fourth-order valence-corrected chi connectivity index (χ4v) is 1.09. The normalized spacial score (nSPS) is 9.93. The summed E-state index contributed by atoms with van der Waals surface area (Å²) in [6, 6.07) is 3.69. The minimum absolute atomic E-state index is 0.0957. The van der Waals surface area contributed by atoms with Gasteiger partial charge < -0.3 is 10.4 Å². The summed E-state index contributed by atoms with van der Waals surface area (Å²) in [4.78, 5) is 11.3. The van der Waals surface area contributed by atoms with Crippen molar-refractivity contribution in [2.45, 2.75) is 0 Å². The molecule has 0 saturated carbocycles. The topological polar surface area (TPSA) is 49.3 Å². The Labute approximate surface area is 85.5 Å². The summed E-state index contributed by atoms with van der Waals surface area (Å²) in [5, 5.41) is 10.8. The van der Waals surface area contributed by atoms with E-state index in [0.717, 1.165) is 6.07 Å². The number of benzene rings is 1. The van der Waals surface area contributed by atoms with Crippen LogP contribution in [0.2, 0.25) is 5.02 Å². The Balaban J connectivity index is 2.76. The highest BCUT2D eigenvalue weighted by Crippen LogP contribution is 2.15. The van der Waals surface area contributed by atoms with Crippen molar-refractivity contribution in [2.24, 2.45) is 0 Å². The van der Waals surface area contributed by atoms with E-state index in [2.05, 4.69) is 5.32 Å². The van der Waals surface area contributed by atoms with Crippen LogP contribution < -0.4 is 5.32 Å². The Hall–Kier alpha value is -1.13. The molecule has 2 N–H and O–H groups in total. The number of aliphatic hydroxyl groups is 1. The number of halogens is 2. The standard InChI is InChI=1S/C9H9ClFNO2/c10-7-5-6(1-2-8(7)11)9(14)12-3-4-13/h1-2,5,13H,3-4H2,(H,12,14). The Kier molecular flexibility index (Phi) is 3.85. The van der Waals surface area contributed by atoms with Crippen molar-refractivity contribution in [3.63, 3.8) is 0 Å². The molecule has 14 heavy (non-hydrogen) atoms. The first kappa shape index (κ1) is 10.9. The SMILES string of the molecule is O=C(NCCO)c1ccc(F)c(Cl)c1. The number of hydrogen-bond donors (Lipinski definition) is 2. The van der Waals surface area contributed by atoms with Gasteiger partial charge in [0.05, 0.1) is 11.6 Å². The number of hydrogen-bond acceptors (Lipinski definition) is 2. The van der Waals surface area contributed by atoms with Crippen molar-refractivity contribution >= 4 is 17.5 Å². The molecule has 0 saturated heterocycles. The first-order valence-electron chi connectivity index (χ1n) is 3.99. The predicted molar refractivity (Wildman–Crippen MR) is 50.8 cm³/mol. The van der Waals surface area contributed by atoms with Crippen LogP contribution in [0.1, 0.15) is 10.4 Å². The van der Waals surface area contributed by atoms with Gasteiger partial charge in [-0.05, 0) is 18.2 Å². The predicted octanol–water partition coefficient (Wildman–Crippen LogP) is 1.20. The summed E-state index contributed by atoms with van der Waals surface area (Å²) in [7, 11) is 0. The molecule has 1 rings (SSSR count). The van der Waals surface area contributed by atoms with E-state index in [1.165, 1.54) is 12.1 Å². The molecule has 1 aromatic carbocycles. The number of carbonyl (C=O) groups is 1. The van der Waals surface area contributed by atoms with E-state index in [0.29, 0.717) is 0 Å². The van der Waals surface area contributed by atoms with Gasteiger partial charge in [0.25, 0.3) is 5.91 Å². The van der Waals surface area contributed by atoms with Gasteiger partial charge in [-0.2, -0.15) is 0 Å². The lowest BCUT2D eigenvalue weighted by Crippen LogP contribution is -2.26. The molecule has 0 fully saturated rings. The van der Waals surface area contributed by atoms with Gasteiger partial charge in [0.1, 0.15) is 5.82 Å². The maximum absolute atomic E-state index is 12.7. The molecule has 0 aliphatic heterocycles. The maximum Gasteiger partial charge on any atom is 0.251 e. The van der Waals surface area contributed by atoms with Gasteiger partial charge in [0.2, 0.25) is 0 Å². The lowest BCUT2D eigenvalue weighted by Gasteiger charge is -2.03. The smallest absolute Gasteiger partial charge is 0.251 e. The molecule has 0 aromatic heterocycles. The van der Waals surface area contributed by atoms with Crippen molar-refractivity contribution in [1.82, 2.24) is 5.32 Å². The second kappa shape index (κ2) is 4.93. The summed E-state index contributed by atoms with van der Waals surface area (Å²) < 4.78 is 12.7. The van der Waals surface area contributed by atoms with Crippen molar-refractivity contribution < 1.29 is 14.3 Å². The lowest BCUT2D eigenvalue weighted by atomic mass is 10.2. The summed E-state index contributed by atoms with van der Waals surface area (Å²) in [5.74, 6) is -0.952. The van der Waals surface area contributed by atoms with Crippen LogP contribution in [0.5, 0.6) is 0 Å². The highest BCUT2D eigenvalue weighted by Gasteiger charge is 2.07. The van der Waals surface area contributed by atoms with Crippen LogP contribution in [0.4, 0.5) is 4.39 Å². The summed E-state index contributed by atoms with van der Waals surface area (Å²) in [5.41, 5.74) is 0.268. The number of aliphatic hydroxyl groups excluding tert-OH is 1. The van der Waals surface area contributed by atoms with Crippen molar-refractivity contribution in [2.75, 3.05) is 13.2 Å². The third kappa shape index (κ3) is 2.68. The molecule has 0 heterocycles. The van der Waals surface area contributed by atoms with E-state index in [1.54, 1.807) is 0 Å². The molecular weight excluding hydrogens is 209 g/mol. The molecule has 0 aliphatic carbocycles. The minimum Gasteiger partial charge on any atom is -0.395 e. The fraction of sp³-hybridized carbons (Fsp3) is 0.222. The zero-order valence-electron chi connectivity index (χ0n) is 7.26. The van der Waals surface area contributed by atoms with Gasteiger partial charge in [-0.25, -0.2) is 4.39 Å². The molecule has 0 radical (unpaired) electrons. The highest BCUT2D eigenvalue weighted by atomic mass is 35.5. The van der Waals surface area contributed by atoms with Crippen molar-refractivity contribution in [3.05, 3.63) is 34.6 Å². The summed E-state index contributed by atoms with van der Waals surface area (Å²) in [6.45, 7) is 0.0223. The Morgan fingerprint density at radius 2 is 2.29 bits per heavy atom. The molecule has 0 unspecified atom stereocenters. The molecular formula is C9H9ClFNO2. The average molecular weight is 218 g/mol. The zero-order valence-corrected chi connectivity index (χ0v) is 8.01. The van der Waals surface area contributed by atoms with E-state index in [-0.39, 0.29) is 29.6 Å². The first-order chi connectivity index (χ1) is 6.65. The number of nitrogens with one attached hydrogen (secondary N) is 1. The van der Waals surface area contributed by atoms with E-state index < -0.39 is 5.82 Å².